The summed E-state index contributed by atoms with van der Waals surface area (Å²) >= 11 is 0. The van der Waals surface area contributed by atoms with Crippen LogP contribution in [0.15, 0.2) is 28.2 Å². The molecule has 2 heteroatoms. The van der Waals surface area contributed by atoms with E-state index >= 15 is 0 Å². The number of benzene rings is 1. The molecule has 22 heavy (non-hydrogen) atoms. The third-order valence-electron chi connectivity index (χ3n) is 4.82. The van der Waals surface area contributed by atoms with E-state index in [2.05, 4.69) is 45.1 Å². The maximum absolute atomic E-state index is 6.21. The van der Waals surface area contributed by atoms with Gasteiger partial charge in [0.2, 0.25) is 0 Å². The summed E-state index contributed by atoms with van der Waals surface area (Å²) < 4.78 is 12.4. The minimum atomic E-state index is 0.0205. The van der Waals surface area contributed by atoms with Gasteiger partial charge in [0.15, 0.2) is 0 Å². The average Bonchev–Trinajstić information content (AvgIpc) is 2.88. The van der Waals surface area contributed by atoms with Gasteiger partial charge in [-0.3, -0.25) is 0 Å². The Hall–Kier alpha value is -1.96. The van der Waals surface area contributed by atoms with E-state index in [4.69, 9.17) is 9.15 Å². The summed E-state index contributed by atoms with van der Waals surface area (Å²) in [5, 5.41) is 2.43. The Labute approximate surface area is 130 Å². The van der Waals surface area contributed by atoms with Gasteiger partial charge in [0.1, 0.15) is 22.9 Å². The molecule has 1 aliphatic heterocycles. The predicted molar refractivity (Wildman–Crippen MR) is 89.8 cm³/mol. The molecular weight excluding hydrogens is 272 g/mol. The van der Waals surface area contributed by atoms with Crippen LogP contribution in [0.2, 0.25) is 0 Å². The van der Waals surface area contributed by atoms with Crippen molar-refractivity contribution in [2.75, 3.05) is 0 Å². The zero-order valence-electron chi connectivity index (χ0n) is 13.5. The molecule has 0 amide bonds. The summed E-state index contributed by atoms with van der Waals surface area (Å²) in [6.07, 6.45) is 9.38. The van der Waals surface area contributed by atoms with Crippen LogP contribution in [0.4, 0.5) is 0 Å². The number of unbranched alkanes of at least 4 members (excludes halogenated alkanes) is 2. The molecular formula is C20H22O2. The molecule has 1 unspecified atom stereocenters. The molecule has 0 bridgehead atoms. The Morgan fingerprint density at radius 1 is 1.14 bits per heavy atom. The highest BCUT2D eigenvalue weighted by Crippen LogP contribution is 2.35. The Morgan fingerprint density at radius 3 is 2.82 bits per heavy atom. The maximum Gasteiger partial charge on any atom is 0.146 e. The molecule has 1 aliphatic carbocycles. The average molecular weight is 294 g/mol. The number of hydrogen-bond donors (Lipinski definition) is 0. The number of ether oxygens (including phenoxy) is 1. The van der Waals surface area contributed by atoms with E-state index in [1.165, 1.54) is 46.6 Å². The summed E-state index contributed by atoms with van der Waals surface area (Å²) in [5.41, 5.74) is 5.78. The van der Waals surface area contributed by atoms with Crippen LogP contribution in [0.25, 0.3) is 22.8 Å². The van der Waals surface area contributed by atoms with Gasteiger partial charge in [0, 0.05) is 10.6 Å². The zero-order valence-corrected chi connectivity index (χ0v) is 13.5. The number of hydrogen-bond acceptors (Lipinski definition) is 2. The number of aryl methyl sites for hydroxylation is 1. The summed E-state index contributed by atoms with van der Waals surface area (Å²) in [4.78, 5) is 0. The van der Waals surface area contributed by atoms with Crippen molar-refractivity contribution in [3.63, 3.8) is 0 Å². The van der Waals surface area contributed by atoms with Crippen molar-refractivity contribution in [1.29, 1.82) is 0 Å². The molecule has 2 aliphatic rings. The van der Waals surface area contributed by atoms with E-state index in [1.807, 2.05) is 0 Å². The minimum absolute atomic E-state index is 0.0205. The standard InChI is InChI=1S/C20H22O2/c1-4-5-6-7-14-10-16-19-17(11-14)22-20-12(2)8-9-15(18(19)20)13(3)21-16/h8-11,16H,4-7H2,1-3H3. The van der Waals surface area contributed by atoms with E-state index in [0.717, 1.165) is 23.2 Å². The van der Waals surface area contributed by atoms with Crippen LogP contribution in [0, 0.1) is 6.92 Å². The van der Waals surface area contributed by atoms with E-state index in [0.29, 0.717) is 0 Å². The number of rotatable bonds is 4. The van der Waals surface area contributed by atoms with Crippen LogP contribution < -0.4 is 10.6 Å². The van der Waals surface area contributed by atoms with Gasteiger partial charge in [-0.15, -0.1) is 0 Å². The monoisotopic (exact) mass is 294 g/mol. The molecule has 0 fully saturated rings. The molecule has 0 spiro atoms. The van der Waals surface area contributed by atoms with Crippen molar-refractivity contribution in [2.45, 2.75) is 52.6 Å². The highest BCUT2D eigenvalue weighted by molar-refractivity contribution is 5.88. The number of furan rings is 1. The van der Waals surface area contributed by atoms with Crippen molar-refractivity contribution in [3.8, 4) is 0 Å². The van der Waals surface area contributed by atoms with Crippen LogP contribution in [0.3, 0.4) is 0 Å². The molecule has 0 N–H and O–H groups in total. The van der Waals surface area contributed by atoms with Crippen LogP contribution >= 0.6 is 0 Å². The first-order valence-corrected chi connectivity index (χ1v) is 8.31. The first-order chi connectivity index (χ1) is 10.7. The fraction of sp³-hybridized carbons (Fsp3) is 0.400. The van der Waals surface area contributed by atoms with Gasteiger partial charge in [-0.05, 0) is 50.0 Å². The third kappa shape index (κ3) is 1.93. The van der Waals surface area contributed by atoms with E-state index < -0.39 is 0 Å². The molecule has 2 nitrogen and oxygen atoms in total. The van der Waals surface area contributed by atoms with E-state index in [9.17, 15) is 0 Å². The molecule has 1 aromatic carbocycles. The zero-order chi connectivity index (χ0) is 15.3. The second-order valence-electron chi connectivity index (χ2n) is 6.45. The number of allylic oxidation sites excluding steroid dienone is 1. The van der Waals surface area contributed by atoms with Crippen LogP contribution in [0.1, 0.15) is 56.8 Å². The molecule has 1 aromatic heterocycles. The van der Waals surface area contributed by atoms with Crippen molar-refractivity contribution < 1.29 is 9.15 Å². The lowest BCUT2D eigenvalue weighted by molar-refractivity contribution is 0.203. The molecule has 0 saturated carbocycles. The van der Waals surface area contributed by atoms with Crippen LogP contribution in [-0.2, 0) is 4.74 Å². The Kier molecular flexibility index (Phi) is 3.14. The molecule has 0 radical (unpaired) electrons. The Bertz CT molecular complexity index is 896. The predicted octanol–water partition coefficient (Wildman–Crippen LogP) is 4.24. The fourth-order valence-corrected chi connectivity index (χ4v) is 3.63. The largest absolute Gasteiger partial charge is 0.485 e. The van der Waals surface area contributed by atoms with Gasteiger partial charge < -0.3 is 9.15 Å². The molecule has 1 atom stereocenters. The van der Waals surface area contributed by atoms with E-state index in [-0.39, 0.29) is 6.10 Å². The van der Waals surface area contributed by atoms with Gasteiger partial charge in [0.25, 0.3) is 0 Å². The van der Waals surface area contributed by atoms with E-state index in [1.54, 1.807) is 0 Å². The highest BCUT2D eigenvalue weighted by Gasteiger charge is 2.28. The summed E-state index contributed by atoms with van der Waals surface area (Å²) in [6.45, 7) is 6.41. The first kappa shape index (κ1) is 13.7. The lowest BCUT2D eigenvalue weighted by Crippen LogP contribution is -2.23. The third-order valence-corrected chi connectivity index (χ3v) is 4.82. The van der Waals surface area contributed by atoms with Gasteiger partial charge in [0.05, 0.1) is 5.56 Å². The van der Waals surface area contributed by atoms with Crippen LogP contribution in [-0.4, -0.2) is 0 Å². The summed E-state index contributed by atoms with van der Waals surface area (Å²) in [7, 11) is 0. The van der Waals surface area contributed by atoms with Gasteiger partial charge >= 0.3 is 0 Å². The quantitative estimate of drug-likeness (QED) is 0.787. The van der Waals surface area contributed by atoms with Crippen molar-refractivity contribution in [1.82, 2.24) is 0 Å². The Morgan fingerprint density at radius 2 is 2.00 bits per heavy atom. The Balaban J connectivity index is 1.91. The molecule has 0 saturated heterocycles. The van der Waals surface area contributed by atoms with Crippen molar-refractivity contribution in [3.05, 3.63) is 45.5 Å². The second kappa shape index (κ2) is 5.05. The second-order valence-corrected chi connectivity index (χ2v) is 6.45. The normalized spacial score (nSPS) is 19.0. The summed E-state index contributed by atoms with van der Waals surface area (Å²) in [6, 6.07) is 4.27. The lowest BCUT2D eigenvalue weighted by atomic mass is 9.93. The van der Waals surface area contributed by atoms with Crippen molar-refractivity contribution in [2.24, 2.45) is 0 Å². The molecule has 2 heterocycles. The van der Waals surface area contributed by atoms with Crippen molar-refractivity contribution >= 4 is 22.8 Å². The highest BCUT2D eigenvalue weighted by atomic mass is 16.5. The lowest BCUT2D eigenvalue weighted by Gasteiger charge is -2.23. The molecule has 2 aromatic rings. The van der Waals surface area contributed by atoms with Gasteiger partial charge in [-0.2, -0.15) is 0 Å². The maximum atomic E-state index is 6.21. The topological polar surface area (TPSA) is 22.4 Å². The van der Waals surface area contributed by atoms with Gasteiger partial charge in [-0.25, -0.2) is 0 Å². The van der Waals surface area contributed by atoms with Gasteiger partial charge in [-0.1, -0.05) is 31.9 Å². The first-order valence-electron chi connectivity index (χ1n) is 8.31. The summed E-state index contributed by atoms with van der Waals surface area (Å²) in [5.74, 6) is 1.00. The SMILES string of the molecule is CCCCCC1=CC2OC(C)=c3ccc(C)c4oc(c2c34)=C1. The molecule has 114 valence electrons. The fourth-order valence-electron chi connectivity index (χ4n) is 3.63. The smallest absolute Gasteiger partial charge is 0.146 e. The van der Waals surface area contributed by atoms with Crippen LogP contribution in [0.5, 0.6) is 0 Å². The molecule has 4 rings (SSSR count). The minimum Gasteiger partial charge on any atom is -0.485 e.